The number of hydrogen-bond donors (Lipinski definition) is 1. The van der Waals surface area contributed by atoms with Crippen LogP contribution in [0.3, 0.4) is 0 Å². The summed E-state index contributed by atoms with van der Waals surface area (Å²) in [6, 6.07) is 0. The van der Waals surface area contributed by atoms with Crippen LogP contribution in [-0.2, 0) is 24.7 Å². The molecule has 0 unspecified atom stereocenters. The fourth-order valence-corrected chi connectivity index (χ4v) is 2.45. The van der Waals surface area contributed by atoms with Gasteiger partial charge >= 0.3 is 11.7 Å². The monoisotopic (exact) mass is 290 g/mol. The molecule has 0 saturated heterocycles. The van der Waals surface area contributed by atoms with Crippen molar-refractivity contribution in [3.05, 3.63) is 39.3 Å². The molecule has 0 saturated carbocycles. The molecule has 0 aliphatic heterocycles. The average molecular weight is 290 g/mol. The molecule has 2 rings (SSSR count). The highest BCUT2D eigenvalue weighted by molar-refractivity contribution is 5.71. The van der Waals surface area contributed by atoms with Crippen LogP contribution in [0.15, 0.2) is 11.0 Å². The van der Waals surface area contributed by atoms with Crippen LogP contribution >= 0.6 is 0 Å². The molecule has 2 aromatic rings. The first-order chi connectivity index (χ1) is 9.85. The number of aryl methyl sites for hydroxylation is 3. The molecule has 0 atom stereocenters. The van der Waals surface area contributed by atoms with Gasteiger partial charge in [-0.1, -0.05) is 6.92 Å². The van der Waals surface area contributed by atoms with Gasteiger partial charge < -0.3 is 5.11 Å². The zero-order chi connectivity index (χ0) is 15.7. The highest BCUT2D eigenvalue weighted by Gasteiger charge is 2.18. The quantitative estimate of drug-likeness (QED) is 0.898. The van der Waals surface area contributed by atoms with Gasteiger partial charge in [0.1, 0.15) is 0 Å². The number of nitrogens with zero attached hydrogens (tertiary/aromatic N) is 4. The van der Waals surface area contributed by atoms with E-state index in [2.05, 4.69) is 10.1 Å². The van der Waals surface area contributed by atoms with Gasteiger partial charge in [0.2, 0.25) is 0 Å². The van der Waals surface area contributed by atoms with Gasteiger partial charge in [-0.15, -0.1) is 0 Å². The second kappa shape index (κ2) is 5.51. The Bertz CT molecular complexity index is 758. The van der Waals surface area contributed by atoms with Crippen LogP contribution in [0.2, 0.25) is 0 Å². The Morgan fingerprint density at radius 1 is 1.38 bits per heavy atom. The molecule has 0 aliphatic rings. The van der Waals surface area contributed by atoms with Crippen molar-refractivity contribution in [2.45, 2.75) is 33.6 Å². The summed E-state index contributed by atoms with van der Waals surface area (Å²) in [6.07, 6.45) is 2.26. The highest BCUT2D eigenvalue weighted by Crippen LogP contribution is 2.17. The molecule has 112 valence electrons. The first kappa shape index (κ1) is 15.0. The second-order valence-corrected chi connectivity index (χ2v) is 4.94. The molecule has 0 radical (unpaired) electrons. The lowest BCUT2D eigenvalue weighted by Gasteiger charge is -2.14. The Hall–Kier alpha value is -2.44. The van der Waals surface area contributed by atoms with Crippen molar-refractivity contribution in [3.63, 3.8) is 0 Å². The van der Waals surface area contributed by atoms with E-state index in [1.807, 2.05) is 6.92 Å². The van der Waals surface area contributed by atoms with Gasteiger partial charge in [0, 0.05) is 30.2 Å². The Kier molecular flexibility index (Phi) is 3.93. The minimum absolute atomic E-state index is 0.160. The molecule has 2 heterocycles. The Morgan fingerprint density at radius 2 is 2.05 bits per heavy atom. The van der Waals surface area contributed by atoms with E-state index in [4.69, 9.17) is 5.11 Å². The van der Waals surface area contributed by atoms with Crippen molar-refractivity contribution < 1.29 is 9.90 Å². The molecule has 0 aliphatic carbocycles. The molecule has 0 spiro atoms. The summed E-state index contributed by atoms with van der Waals surface area (Å²) in [5.41, 5.74) is 2.63. The third kappa shape index (κ3) is 2.72. The summed E-state index contributed by atoms with van der Waals surface area (Å²) >= 11 is 0. The van der Waals surface area contributed by atoms with Gasteiger partial charge in [-0.05, 0) is 20.3 Å². The van der Waals surface area contributed by atoms with E-state index < -0.39 is 11.7 Å². The summed E-state index contributed by atoms with van der Waals surface area (Å²) in [6.45, 7) is 5.34. The van der Waals surface area contributed by atoms with E-state index in [0.29, 0.717) is 29.1 Å². The molecular formula is C14H18N4O3. The van der Waals surface area contributed by atoms with Gasteiger partial charge in [-0.25, -0.2) is 4.79 Å². The second-order valence-electron chi connectivity index (χ2n) is 4.94. The van der Waals surface area contributed by atoms with E-state index in [0.717, 1.165) is 5.69 Å². The molecule has 7 nitrogen and oxygen atoms in total. The van der Waals surface area contributed by atoms with Crippen molar-refractivity contribution in [2.24, 2.45) is 7.05 Å². The molecule has 0 aromatic carbocycles. The first-order valence-electron chi connectivity index (χ1n) is 6.69. The van der Waals surface area contributed by atoms with E-state index in [1.165, 1.54) is 4.57 Å². The normalized spacial score (nSPS) is 10.9. The molecule has 1 N–H and O–H groups in total. The van der Waals surface area contributed by atoms with E-state index in [9.17, 15) is 9.59 Å². The molecular weight excluding hydrogens is 272 g/mol. The number of carboxylic acid groups (broad SMARTS) is 1. The minimum atomic E-state index is -0.949. The van der Waals surface area contributed by atoms with Crippen LogP contribution in [0.4, 0.5) is 0 Å². The van der Waals surface area contributed by atoms with Gasteiger partial charge in [-0.3, -0.25) is 14.0 Å². The van der Waals surface area contributed by atoms with Crippen LogP contribution in [0.25, 0.3) is 5.69 Å². The van der Waals surface area contributed by atoms with Gasteiger partial charge in [-0.2, -0.15) is 10.1 Å². The minimum Gasteiger partial charge on any atom is -0.481 e. The van der Waals surface area contributed by atoms with Crippen LogP contribution in [-0.4, -0.2) is 30.4 Å². The molecule has 2 aromatic heterocycles. The largest absolute Gasteiger partial charge is 0.481 e. The maximum atomic E-state index is 12.2. The third-order valence-electron chi connectivity index (χ3n) is 3.45. The van der Waals surface area contributed by atoms with E-state index in [-0.39, 0.29) is 6.42 Å². The maximum absolute atomic E-state index is 12.2. The summed E-state index contributed by atoms with van der Waals surface area (Å²) in [7, 11) is 1.78. The highest BCUT2D eigenvalue weighted by atomic mass is 16.4. The predicted octanol–water partition coefficient (Wildman–Crippen LogP) is 0.772. The van der Waals surface area contributed by atoms with Crippen LogP contribution in [0.5, 0.6) is 0 Å². The Morgan fingerprint density at radius 3 is 2.62 bits per heavy atom. The van der Waals surface area contributed by atoms with E-state index in [1.54, 1.807) is 31.8 Å². The standard InChI is InChI=1S/C14H18N4O3/c1-5-11-12(7-17(4)16-11)18-9(3)10(6-13(19)20)8(2)15-14(18)21/h7H,5-6H2,1-4H3,(H,19,20). The van der Waals surface area contributed by atoms with Crippen molar-refractivity contribution in [2.75, 3.05) is 0 Å². The number of carbonyl (C=O) groups is 1. The van der Waals surface area contributed by atoms with Crippen molar-refractivity contribution in [1.29, 1.82) is 0 Å². The van der Waals surface area contributed by atoms with Gasteiger partial charge in [0.15, 0.2) is 0 Å². The fraction of sp³-hybridized carbons (Fsp3) is 0.429. The summed E-state index contributed by atoms with van der Waals surface area (Å²) in [4.78, 5) is 27.2. The number of hydrogen-bond acceptors (Lipinski definition) is 4. The van der Waals surface area contributed by atoms with E-state index >= 15 is 0 Å². The first-order valence-corrected chi connectivity index (χ1v) is 6.69. The molecule has 0 fully saturated rings. The summed E-state index contributed by atoms with van der Waals surface area (Å²) < 4.78 is 3.08. The number of rotatable bonds is 4. The van der Waals surface area contributed by atoms with Crippen molar-refractivity contribution >= 4 is 5.97 Å². The lowest BCUT2D eigenvalue weighted by Crippen LogP contribution is -2.27. The molecule has 21 heavy (non-hydrogen) atoms. The smallest absolute Gasteiger partial charge is 0.352 e. The lowest BCUT2D eigenvalue weighted by molar-refractivity contribution is -0.136. The van der Waals surface area contributed by atoms with Crippen molar-refractivity contribution in [1.82, 2.24) is 19.3 Å². The van der Waals surface area contributed by atoms with Crippen LogP contribution in [0.1, 0.15) is 29.6 Å². The third-order valence-corrected chi connectivity index (χ3v) is 3.45. The van der Waals surface area contributed by atoms with Crippen molar-refractivity contribution in [3.8, 4) is 5.69 Å². The number of aromatic nitrogens is 4. The zero-order valence-corrected chi connectivity index (χ0v) is 12.5. The molecule has 7 heteroatoms. The molecule has 0 bridgehead atoms. The predicted molar refractivity (Wildman–Crippen MR) is 76.8 cm³/mol. The van der Waals surface area contributed by atoms with Crippen LogP contribution < -0.4 is 5.69 Å². The zero-order valence-electron chi connectivity index (χ0n) is 12.5. The fourth-order valence-electron chi connectivity index (χ4n) is 2.45. The topological polar surface area (TPSA) is 90.0 Å². The summed E-state index contributed by atoms with van der Waals surface area (Å²) in [5.74, 6) is -0.949. The molecule has 0 amide bonds. The van der Waals surface area contributed by atoms with Gasteiger partial charge in [0.05, 0.1) is 17.8 Å². The van der Waals surface area contributed by atoms with Gasteiger partial charge in [0.25, 0.3) is 0 Å². The number of carboxylic acids is 1. The van der Waals surface area contributed by atoms with Crippen LogP contribution in [0, 0.1) is 13.8 Å². The lowest BCUT2D eigenvalue weighted by atomic mass is 10.1. The maximum Gasteiger partial charge on any atom is 0.352 e. The summed E-state index contributed by atoms with van der Waals surface area (Å²) in [5, 5.41) is 13.3. The average Bonchev–Trinajstić information content (AvgIpc) is 2.75. The SMILES string of the molecule is CCc1nn(C)cc1-n1c(C)c(CC(=O)O)c(C)nc1=O. The Labute approximate surface area is 121 Å². The Balaban J connectivity index is 2.74. The number of aliphatic carboxylic acids is 1.